The zero-order chi connectivity index (χ0) is 10.8. The smallest absolute Gasteiger partial charge is 0.352 e. The Kier molecular flexibility index (Phi) is 2.29. The highest BCUT2D eigenvalue weighted by atomic mass is 16.5. The summed E-state index contributed by atoms with van der Waals surface area (Å²) in [6.07, 6.45) is 7.42. The van der Waals surface area contributed by atoms with E-state index in [1.807, 2.05) is 24.6 Å². The lowest BCUT2D eigenvalue weighted by Gasteiger charge is -2.00. The van der Waals surface area contributed by atoms with Crippen LogP contribution in [0.15, 0.2) is 12.1 Å². The Labute approximate surface area is 87.4 Å². The number of allylic oxidation sites excluding steroid dienone is 1. The van der Waals surface area contributed by atoms with Crippen molar-refractivity contribution in [1.82, 2.24) is 4.98 Å². The molecule has 0 bridgehead atoms. The zero-order valence-corrected chi connectivity index (χ0v) is 8.36. The fraction of sp³-hybridized carbons (Fsp3) is 0.0833. The fourth-order valence-corrected chi connectivity index (χ4v) is 1.51. The highest BCUT2D eigenvalue weighted by Crippen LogP contribution is 2.01. The number of rotatable bonds is 1. The number of fused-ring (bicyclic) bond motifs is 1. The molecule has 0 radical (unpaired) electrons. The van der Waals surface area contributed by atoms with Gasteiger partial charge in [-0.3, -0.25) is 0 Å². The lowest BCUT2D eigenvalue weighted by Crippen LogP contribution is -2.27. The van der Waals surface area contributed by atoms with Crippen LogP contribution >= 0.6 is 0 Å². The van der Waals surface area contributed by atoms with Crippen molar-refractivity contribution in [2.75, 3.05) is 7.11 Å². The summed E-state index contributed by atoms with van der Waals surface area (Å²) in [5.41, 5.74) is 1.26. The van der Waals surface area contributed by atoms with Crippen molar-refractivity contribution in [2.24, 2.45) is 0 Å². The SMILES string of the molecule is C=c1cc(C(=O)OC)c2c(n1)C=C[CH+]C=2. The van der Waals surface area contributed by atoms with Crippen molar-refractivity contribution in [2.45, 2.75) is 0 Å². The number of hydrogen-bond donors (Lipinski definition) is 0. The average Bonchev–Trinajstić information content (AvgIpc) is 2.26. The maximum Gasteiger partial charge on any atom is 0.352 e. The van der Waals surface area contributed by atoms with Crippen LogP contribution in [0.3, 0.4) is 0 Å². The highest BCUT2D eigenvalue weighted by Gasteiger charge is 2.17. The minimum absolute atomic E-state index is 0.363. The molecular formula is C12H10NO2+. The number of carbonyl (C=O) groups excluding carboxylic acids is 1. The van der Waals surface area contributed by atoms with Crippen LogP contribution in [-0.2, 0) is 4.74 Å². The first-order valence-electron chi connectivity index (χ1n) is 4.52. The van der Waals surface area contributed by atoms with Crippen LogP contribution in [0.1, 0.15) is 16.1 Å². The molecule has 1 aromatic heterocycles. The number of pyridine rings is 1. The second-order valence-electron chi connectivity index (χ2n) is 3.17. The van der Waals surface area contributed by atoms with Crippen LogP contribution < -0.4 is 10.6 Å². The standard InChI is InChI=1S/C12H10NO2/c1-8-7-10(12(14)15-2)9-5-3-4-6-11(9)13-8/h3-7H,1H2,2H3/q+1. The Balaban J connectivity index is 2.75. The summed E-state index contributed by atoms with van der Waals surface area (Å²) in [7, 11) is 1.36. The van der Waals surface area contributed by atoms with E-state index in [0.717, 1.165) is 10.9 Å². The van der Waals surface area contributed by atoms with Crippen molar-refractivity contribution in [3.8, 4) is 0 Å². The molecule has 0 saturated carbocycles. The van der Waals surface area contributed by atoms with Gasteiger partial charge in [-0.05, 0) is 6.07 Å². The van der Waals surface area contributed by atoms with Gasteiger partial charge in [0.15, 0.2) is 5.69 Å². The Hall–Kier alpha value is -2.03. The van der Waals surface area contributed by atoms with Crippen molar-refractivity contribution in [3.63, 3.8) is 0 Å². The first-order valence-corrected chi connectivity index (χ1v) is 4.52. The third kappa shape index (κ3) is 1.64. The van der Waals surface area contributed by atoms with Crippen molar-refractivity contribution < 1.29 is 9.53 Å². The van der Waals surface area contributed by atoms with Crippen molar-refractivity contribution in [3.05, 3.63) is 40.4 Å². The number of carbonyl (C=O) groups is 1. The van der Waals surface area contributed by atoms with Gasteiger partial charge in [0, 0.05) is 6.42 Å². The zero-order valence-electron chi connectivity index (χ0n) is 8.36. The van der Waals surface area contributed by atoms with Crippen molar-refractivity contribution >= 4 is 24.7 Å². The summed E-state index contributed by atoms with van der Waals surface area (Å²) in [6, 6.07) is 1.63. The molecule has 0 saturated heterocycles. The van der Waals surface area contributed by atoms with Crippen LogP contribution in [0, 0.1) is 6.42 Å². The van der Waals surface area contributed by atoms with Gasteiger partial charge >= 0.3 is 5.97 Å². The second kappa shape index (κ2) is 3.61. The summed E-state index contributed by atoms with van der Waals surface area (Å²) in [5, 5.41) is 1.35. The summed E-state index contributed by atoms with van der Waals surface area (Å²) >= 11 is 0. The summed E-state index contributed by atoms with van der Waals surface area (Å²) in [6.45, 7) is 3.73. The molecule has 0 atom stereocenters. The molecule has 15 heavy (non-hydrogen) atoms. The topological polar surface area (TPSA) is 39.2 Å². The molecule has 2 rings (SSSR count). The third-order valence-electron chi connectivity index (χ3n) is 2.17. The number of ether oxygens (including phenoxy) is 1. The second-order valence-corrected chi connectivity index (χ2v) is 3.17. The number of aromatic nitrogens is 1. The molecule has 1 heterocycles. The van der Waals surface area contributed by atoms with E-state index < -0.39 is 0 Å². The lowest BCUT2D eigenvalue weighted by molar-refractivity contribution is 0.0599. The van der Waals surface area contributed by atoms with Crippen LogP contribution in [-0.4, -0.2) is 18.1 Å². The van der Waals surface area contributed by atoms with Gasteiger partial charge in [-0.25, -0.2) is 9.78 Å². The molecule has 3 nitrogen and oxygen atoms in total. The Morgan fingerprint density at radius 2 is 2.40 bits per heavy atom. The van der Waals surface area contributed by atoms with Gasteiger partial charge in [0.25, 0.3) is 0 Å². The van der Waals surface area contributed by atoms with E-state index >= 15 is 0 Å². The van der Waals surface area contributed by atoms with Crippen LogP contribution in [0.4, 0.5) is 0 Å². The summed E-state index contributed by atoms with van der Waals surface area (Å²) in [4.78, 5) is 15.7. The van der Waals surface area contributed by atoms with Gasteiger partial charge in [-0.15, -0.1) is 0 Å². The summed E-state index contributed by atoms with van der Waals surface area (Å²) < 4.78 is 4.70. The molecule has 3 heteroatoms. The molecular weight excluding hydrogens is 190 g/mol. The molecule has 74 valence electrons. The number of esters is 1. The van der Waals surface area contributed by atoms with E-state index in [-0.39, 0.29) is 5.97 Å². The van der Waals surface area contributed by atoms with E-state index in [1.165, 1.54) is 7.11 Å². The van der Waals surface area contributed by atoms with E-state index in [1.54, 1.807) is 6.07 Å². The van der Waals surface area contributed by atoms with Crippen LogP contribution in [0.2, 0.25) is 0 Å². The maximum atomic E-state index is 11.5. The predicted octanol–water partition coefficient (Wildman–Crippen LogP) is 0.290. The van der Waals surface area contributed by atoms with Crippen molar-refractivity contribution in [1.29, 1.82) is 0 Å². The Bertz CT molecular complexity index is 543. The maximum absolute atomic E-state index is 11.5. The molecule has 0 amide bonds. The normalized spacial score (nSPS) is 12.3. The minimum atomic E-state index is -0.363. The average molecular weight is 200 g/mol. The van der Waals surface area contributed by atoms with Gasteiger partial charge in [0.1, 0.15) is 10.8 Å². The lowest BCUT2D eigenvalue weighted by atomic mass is 10.1. The largest absolute Gasteiger partial charge is 0.465 e. The molecule has 0 aliphatic heterocycles. The highest BCUT2D eigenvalue weighted by molar-refractivity contribution is 5.91. The molecule has 1 aliphatic rings. The Morgan fingerprint density at radius 1 is 1.60 bits per heavy atom. The van der Waals surface area contributed by atoms with E-state index in [4.69, 9.17) is 4.74 Å². The van der Waals surface area contributed by atoms with Crippen LogP contribution in [0.5, 0.6) is 0 Å². The number of hydrogen-bond acceptors (Lipinski definition) is 3. The van der Waals surface area contributed by atoms with E-state index in [9.17, 15) is 4.79 Å². The monoisotopic (exact) mass is 200 g/mol. The first kappa shape index (κ1) is 9.52. The van der Waals surface area contributed by atoms with E-state index in [2.05, 4.69) is 11.6 Å². The third-order valence-corrected chi connectivity index (χ3v) is 2.17. The van der Waals surface area contributed by atoms with Gasteiger partial charge in [0.2, 0.25) is 0 Å². The number of nitrogens with zero attached hydrogens (tertiary/aromatic N) is 1. The molecule has 0 unspecified atom stereocenters. The van der Waals surface area contributed by atoms with Gasteiger partial charge in [0.05, 0.1) is 30.7 Å². The first-order chi connectivity index (χ1) is 7.22. The molecule has 1 aliphatic carbocycles. The molecule has 1 aromatic rings. The molecule has 0 N–H and O–H groups in total. The van der Waals surface area contributed by atoms with E-state index in [0.29, 0.717) is 10.9 Å². The fourth-order valence-electron chi connectivity index (χ4n) is 1.51. The Morgan fingerprint density at radius 3 is 3.13 bits per heavy atom. The minimum Gasteiger partial charge on any atom is -0.465 e. The predicted molar refractivity (Wildman–Crippen MR) is 58.1 cm³/mol. The van der Waals surface area contributed by atoms with Gasteiger partial charge in [-0.1, -0.05) is 6.58 Å². The number of methoxy groups -OCH3 is 1. The molecule has 0 spiro atoms. The quantitative estimate of drug-likeness (QED) is 0.483. The van der Waals surface area contributed by atoms with Crippen LogP contribution in [0.25, 0.3) is 18.7 Å². The molecule has 0 aromatic carbocycles. The molecule has 0 fully saturated rings. The van der Waals surface area contributed by atoms with Gasteiger partial charge < -0.3 is 4.74 Å². The summed E-state index contributed by atoms with van der Waals surface area (Å²) in [5.74, 6) is -0.363. The van der Waals surface area contributed by atoms with Gasteiger partial charge in [-0.2, -0.15) is 0 Å².